The molecule has 45 heavy (non-hydrogen) atoms. The molecule has 0 bridgehead atoms. The van der Waals surface area contributed by atoms with Gasteiger partial charge in [-0.1, -0.05) is 35.0 Å². The zero-order valence-corrected chi connectivity index (χ0v) is 29.1. The number of terminal acetylenes is 1. The van der Waals surface area contributed by atoms with Crippen LogP contribution < -0.4 is 0 Å². The first-order chi connectivity index (χ1) is 21.3. The van der Waals surface area contributed by atoms with Crippen LogP contribution in [0.15, 0.2) is 12.7 Å². The molecule has 2 saturated heterocycles. The summed E-state index contributed by atoms with van der Waals surface area (Å²) in [6, 6.07) is 0. The van der Waals surface area contributed by atoms with E-state index in [0.29, 0.717) is 34.3 Å². The Balaban J connectivity index is 0.000000178. The predicted molar refractivity (Wildman–Crippen MR) is 179 cm³/mol. The third kappa shape index (κ3) is 9.45. The molecule has 0 aromatic carbocycles. The summed E-state index contributed by atoms with van der Waals surface area (Å²) in [4.78, 5) is 25.3. The van der Waals surface area contributed by atoms with Crippen molar-refractivity contribution in [1.29, 1.82) is 0 Å². The molecule has 0 amide bonds. The van der Waals surface area contributed by atoms with E-state index < -0.39 is 11.2 Å². The number of aliphatic hydroxyl groups is 2. The van der Waals surface area contributed by atoms with Gasteiger partial charge in [-0.2, -0.15) is 0 Å². The lowest BCUT2D eigenvalue weighted by atomic mass is 10.1. The molecule has 6 rings (SSSR count). The lowest BCUT2D eigenvalue weighted by Gasteiger charge is -2.24. The Morgan fingerprint density at radius 1 is 0.822 bits per heavy atom. The van der Waals surface area contributed by atoms with Gasteiger partial charge in [-0.05, 0) is 72.1 Å². The number of rotatable bonds is 2. The van der Waals surface area contributed by atoms with Gasteiger partial charge in [0, 0.05) is 35.8 Å². The molecule has 15 heteroatoms. The van der Waals surface area contributed by atoms with Crippen molar-refractivity contribution in [2.24, 2.45) is 0 Å². The van der Waals surface area contributed by atoms with Crippen molar-refractivity contribution in [2.75, 3.05) is 13.2 Å². The molecule has 2 atom stereocenters. The molecule has 2 N–H and O–H groups in total. The maximum Gasteiger partial charge on any atom is 0.189 e. The number of halogens is 3. The molecule has 2 aliphatic heterocycles. The summed E-state index contributed by atoms with van der Waals surface area (Å²) in [7, 11) is 0. The minimum atomic E-state index is -1.11. The first kappa shape index (κ1) is 35.2. The van der Waals surface area contributed by atoms with Gasteiger partial charge in [0.1, 0.15) is 47.3 Å². The summed E-state index contributed by atoms with van der Waals surface area (Å²) in [6.45, 7) is 7.86. The average Bonchev–Trinajstić information content (AvgIpc) is 3.56. The van der Waals surface area contributed by atoms with Gasteiger partial charge in [0.25, 0.3) is 0 Å². The van der Waals surface area contributed by atoms with Crippen molar-refractivity contribution >= 4 is 68.1 Å². The molecular formula is C30H35Cl2IN8O4. The standard InChI is InChI=1S/C15H17ClN4O2.C10H10ClIN4O.C5H8O/c1-15(2,21)7-6-10-19-12-13(16)17-9-18-14(12)20(10)11-5-3-4-8-22-11;11-8-7-9(14-5-13-8)16(10(12)15-7)6-3-1-2-4-17-6;1-4-5(2,3)6/h9,11,21H,3-5,8H2,1-2H3;5-6H,1-4H2;1,6H,2-3H3. The van der Waals surface area contributed by atoms with Gasteiger partial charge >= 0.3 is 0 Å². The highest BCUT2D eigenvalue weighted by Crippen LogP contribution is 2.31. The van der Waals surface area contributed by atoms with Crippen LogP contribution >= 0.6 is 45.8 Å². The van der Waals surface area contributed by atoms with E-state index in [-0.39, 0.29) is 17.6 Å². The Morgan fingerprint density at radius 3 is 1.78 bits per heavy atom. The Morgan fingerprint density at radius 2 is 1.31 bits per heavy atom. The molecule has 240 valence electrons. The molecule has 0 radical (unpaired) electrons. The van der Waals surface area contributed by atoms with Crippen LogP contribution in [-0.2, 0) is 9.47 Å². The van der Waals surface area contributed by atoms with E-state index in [0.717, 1.165) is 48.2 Å². The third-order valence-electron chi connectivity index (χ3n) is 6.54. The van der Waals surface area contributed by atoms with Gasteiger partial charge in [-0.15, -0.1) is 6.42 Å². The summed E-state index contributed by atoms with van der Waals surface area (Å²) < 4.78 is 16.3. The second-order valence-electron chi connectivity index (χ2n) is 11.4. The molecule has 2 aliphatic rings. The van der Waals surface area contributed by atoms with E-state index in [2.05, 4.69) is 70.3 Å². The number of aromatic nitrogens is 8. The topological polar surface area (TPSA) is 146 Å². The molecule has 2 fully saturated rings. The molecule has 4 aromatic rings. The molecule has 0 spiro atoms. The van der Waals surface area contributed by atoms with Crippen molar-refractivity contribution in [2.45, 2.75) is 89.9 Å². The second kappa shape index (κ2) is 15.3. The number of hydrogen-bond donors (Lipinski definition) is 2. The van der Waals surface area contributed by atoms with Gasteiger partial charge in [-0.25, -0.2) is 29.9 Å². The maximum atomic E-state index is 9.81. The first-order valence-electron chi connectivity index (χ1n) is 14.4. The van der Waals surface area contributed by atoms with E-state index in [4.69, 9.17) is 44.2 Å². The van der Waals surface area contributed by atoms with Crippen molar-refractivity contribution in [3.8, 4) is 24.2 Å². The summed E-state index contributed by atoms with van der Waals surface area (Å²) in [6.07, 6.45) is 13.8. The summed E-state index contributed by atoms with van der Waals surface area (Å²) in [5.74, 6) is 8.32. The van der Waals surface area contributed by atoms with Crippen LogP contribution in [0.2, 0.25) is 10.3 Å². The van der Waals surface area contributed by atoms with E-state index >= 15 is 0 Å². The lowest BCUT2D eigenvalue weighted by molar-refractivity contribution is -0.0313. The molecule has 12 nitrogen and oxygen atoms in total. The van der Waals surface area contributed by atoms with Crippen molar-refractivity contribution in [3.63, 3.8) is 0 Å². The van der Waals surface area contributed by atoms with Crippen LogP contribution in [-0.4, -0.2) is 73.7 Å². The fourth-order valence-corrected chi connectivity index (χ4v) is 5.54. The zero-order chi connectivity index (χ0) is 32.8. The minimum absolute atomic E-state index is 0.0200. The smallest absolute Gasteiger partial charge is 0.189 e. The third-order valence-corrected chi connectivity index (χ3v) is 7.86. The first-order valence-corrected chi connectivity index (χ1v) is 16.2. The molecular weight excluding hydrogens is 734 g/mol. The Labute approximate surface area is 285 Å². The molecule has 2 unspecified atom stereocenters. The number of ether oxygens (including phenoxy) is 2. The number of imidazole rings is 2. The summed E-state index contributed by atoms with van der Waals surface area (Å²) in [5, 5.41) is 19.1. The number of hydrogen-bond acceptors (Lipinski definition) is 10. The normalized spacial score (nSPS) is 18.6. The minimum Gasteiger partial charge on any atom is -0.378 e. The Bertz CT molecular complexity index is 1720. The fourth-order valence-electron chi connectivity index (χ4n) is 4.42. The second-order valence-corrected chi connectivity index (χ2v) is 13.1. The number of fused-ring (bicyclic) bond motifs is 2. The highest BCUT2D eigenvalue weighted by Gasteiger charge is 2.25. The molecule has 6 heterocycles. The van der Waals surface area contributed by atoms with Crippen molar-refractivity contribution < 1.29 is 19.7 Å². The Hall–Kier alpha value is -2.63. The van der Waals surface area contributed by atoms with E-state index in [1.807, 2.05) is 9.13 Å². The van der Waals surface area contributed by atoms with Crippen LogP contribution in [0.1, 0.15) is 84.5 Å². The van der Waals surface area contributed by atoms with Crippen molar-refractivity contribution in [3.05, 3.63) is 32.6 Å². The molecule has 4 aromatic heterocycles. The van der Waals surface area contributed by atoms with E-state index in [9.17, 15) is 5.11 Å². The van der Waals surface area contributed by atoms with Gasteiger partial charge < -0.3 is 19.7 Å². The quantitative estimate of drug-likeness (QED) is 0.117. The van der Waals surface area contributed by atoms with Crippen LogP contribution in [0.3, 0.4) is 0 Å². The number of nitrogens with zero attached hydrogens (tertiary/aromatic N) is 8. The largest absolute Gasteiger partial charge is 0.378 e. The molecule has 0 aliphatic carbocycles. The Kier molecular flexibility index (Phi) is 12.0. The average molecular weight is 769 g/mol. The lowest BCUT2D eigenvalue weighted by Crippen LogP contribution is -2.20. The monoisotopic (exact) mass is 768 g/mol. The van der Waals surface area contributed by atoms with Crippen LogP contribution in [0.25, 0.3) is 22.3 Å². The molecule has 0 saturated carbocycles. The van der Waals surface area contributed by atoms with E-state index in [1.54, 1.807) is 27.7 Å². The van der Waals surface area contributed by atoms with Gasteiger partial charge in [0.15, 0.2) is 31.3 Å². The summed E-state index contributed by atoms with van der Waals surface area (Å²) >= 11 is 14.3. The van der Waals surface area contributed by atoms with Crippen LogP contribution in [0.5, 0.6) is 0 Å². The van der Waals surface area contributed by atoms with Gasteiger partial charge in [0.05, 0.1) is 0 Å². The predicted octanol–water partition coefficient (Wildman–Crippen LogP) is 5.48. The van der Waals surface area contributed by atoms with Gasteiger partial charge in [0.2, 0.25) is 0 Å². The zero-order valence-electron chi connectivity index (χ0n) is 25.5. The van der Waals surface area contributed by atoms with Gasteiger partial charge in [-0.3, -0.25) is 9.13 Å². The maximum absolute atomic E-state index is 9.81. The van der Waals surface area contributed by atoms with Crippen molar-refractivity contribution in [1.82, 2.24) is 39.0 Å². The van der Waals surface area contributed by atoms with E-state index in [1.165, 1.54) is 19.1 Å². The highest BCUT2D eigenvalue weighted by atomic mass is 127. The summed E-state index contributed by atoms with van der Waals surface area (Å²) in [5.41, 5.74) is 0.464. The highest BCUT2D eigenvalue weighted by molar-refractivity contribution is 14.1. The SMILES string of the molecule is C#CC(C)(C)O.CC(C)(O)C#Cc1nc2c(Cl)ncnc2n1C1CCCCO1.Clc1ncnc2c1nc(I)n2C1CCCCO1. The van der Waals surface area contributed by atoms with Crippen LogP contribution in [0.4, 0.5) is 0 Å². The van der Waals surface area contributed by atoms with Crippen LogP contribution in [0, 0.1) is 28.0 Å². The fraction of sp³-hybridized carbons (Fsp3) is 0.533.